The van der Waals surface area contributed by atoms with Crippen LogP contribution in [0.15, 0.2) is 73.1 Å². The van der Waals surface area contributed by atoms with E-state index in [-0.39, 0.29) is 0 Å². The van der Waals surface area contributed by atoms with Crippen molar-refractivity contribution in [3.63, 3.8) is 0 Å². The summed E-state index contributed by atoms with van der Waals surface area (Å²) in [6.07, 6.45) is 3.76. The van der Waals surface area contributed by atoms with Gasteiger partial charge in [-0.25, -0.2) is 14.6 Å². The molecule has 1 N–H and O–H groups in total. The molecule has 2 aromatic heterocycles. The van der Waals surface area contributed by atoms with E-state index in [0.29, 0.717) is 5.95 Å². The van der Waals surface area contributed by atoms with Crippen LogP contribution in [0.4, 0.5) is 17.3 Å². The number of para-hydroxylation sites is 1. The van der Waals surface area contributed by atoms with E-state index in [1.54, 1.807) is 6.20 Å². The number of nitrogens with one attached hydrogen (secondary N) is 1. The van der Waals surface area contributed by atoms with Gasteiger partial charge in [0.25, 0.3) is 0 Å². The van der Waals surface area contributed by atoms with Gasteiger partial charge >= 0.3 is 0 Å². The molecule has 0 fully saturated rings. The highest BCUT2D eigenvalue weighted by molar-refractivity contribution is 5.64. The third kappa shape index (κ3) is 3.71. The highest BCUT2D eigenvalue weighted by Gasteiger charge is 2.11. The van der Waals surface area contributed by atoms with Crippen LogP contribution in [-0.2, 0) is 0 Å². The Balaban J connectivity index is 1.60. The Morgan fingerprint density at radius 2 is 1.68 bits per heavy atom. The molecule has 140 valence electrons. The lowest BCUT2D eigenvalue weighted by Gasteiger charge is -2.13. The molecular weight excluding hydrogens is 348 g/mol. The van der Waals surface area contributed by atoms with E-state index >= 15 is 0 Å². The molecule has 6 heteroatoms. The lowest BCUT2D eigenvalue weighted by Crippen LogP contribution is -2.08. The maximum Gasteiger partial charge on any atom is 0.227 e. The van der Waals surface area contributed by atoms with E-state index in [1.165, 1.54) is 0 Å². The number of anilines is 3. The van der Waals surface area contributed by atoms with Gasteiger partial charge in [0.15, 0.2) is 0 Å². The molecule has 2 heterocycles. The predicted octanol–water partition coefficient (Wildman–Crippen LogP) is 4.45. The van der Waals surface area contributed by atoms with Crippen LogP contribution in [0.2, 0.25) is 0 Å². The smallest absolute Gasteiger partial charge is 0.227 e. The van der Waals surface area contributed by atoms with E-state index in [0.717, 1.165) is 34.0 Å². The number of aromatic nitrogens is 4. The summed E-state index contributed by atoms with van der Waals surface area (Å²) in [5, 5.41) is 7.90. The SMILES string of the molecule is Cc1nn(-c2ccccc2)cc1-c1ccnc(Nc2ccc(N(C)C)cc2)n1. The number of hydrogen-bond donors (Lipinski definition) is 1. The fourth-order valence-electron chi connectivity index (χ4n) is 2.97. The third-order valence-corrected chi connectivity index (χ3v) is 4.49. The van der Waals surface area contributed by atoms with E-state index in [2.05, 4.69) is 37.4 Å². The highest BCUT2D eigenvalue weighted by atomic mass is 15.3. The van der Waals surface area contributed by atoms with Crippen LogP contribution in [0, 0.1) is 6.92 Å². The molecule has 4 aromatic rings. The Morgan fingerprint density at radius 1 is 0.929 bits per heavy atom. The lowest BCUT2D eigenvalue weighted by atomic mass is 10.2. The fourth-order valence-corrected chi connectivity index (χ4v) is 2.97. The molecule has 28 heavy (non-hydrogen) atoms. The number of nitrogens with zero attached hydrogens (tertiary/aromatic N) is 5. The van der Waals surface area contributed by atoms with Gasteiger partial charge in [-0.15, -0.1) is 0 Å². The molecule has 0 radical (unpaired) electrons. The molecule has 0 aliphatic carbocycles. The fraction of sp³-hybridized carbons (Fsp3) is 0.136. The average molecular weight is 370 g/mol. The van der Waals surface area contributed by atoms with Gasteiger partial charge < -0.3 is 10.2 Å². The summed E-state index contributed by atoms with van der Waals surface area (Å²) < 4.78 is 1.87. The maximum absolute atomic E-state index is 4.68. The minimum atomic E-state index is 0.557. The molecule has 4 rings (SSSR count). The van der Waals surface area contributed by atoms with Gasteiger partial charge in [-0.2, -0.15) is 5.10 Å². The molecule has 0 bridgehead atoms. The Kier molecular flexibility index (Phi) is 4.76. The summed E-state index contributed by atoms with van der Waals surface area (Å²) in [5.41, 5.74) is 5.84. The van der Waals surface area contributed by atoms with Crippen LogP contribution in [0.3, 0.4) is 0 Å². The summed E-state index contributed by atoms with van der Waals surface area (Å²) in [4.78, 5) is 11.1. The quantitative estimate of drug-likeness (QED) is 0.562. The molecule has 0 aliphatic heterocycles. The molecule has 0 amide bonds. The van der Waals surface area contributed by atoms with E-state index in [9.17, 15) is 0 Å². The molecule has 0 atom stereocenters. The van der Waals surface area contributed by atoms with Crippen LogP contribution < -0.4 is 10.2 Å². The van der Waals surface area contributed by atoms with Gasteiger partial charge in [-0.3, -0.25) is 0 Å². The predicted molar refractivity (Wildman–Crippen MR) is 113 cm³/mol. The summed E-state index contributed by atoms with van der Waals surface area (Å²) in [5.74, 6) is 0.557. The molecular formula is C22H22N6. The van der Waals surface area contributed by atoms with E-state index in [1.807, 2.05) is 80.4 Å². The minimum Gasteiger partial charge on any atom is -0.378 e. The molecule has 0 aliphatic rings. The Bertz CT molecular complexity index is 1070. The number of hydrogen-bond acceptors (Lipinski definition) is 5. The maximum atomic E-state index is 4.68. The summed E-state index contributed by atoms with van der Waals surface area (Å²) in [7, 11) is 4.04. The largest absolute Gasteiger partial charge is 0.378 e. The van der Waals surface area contributed by atoms with Gasteiger partial charge in [-0.1, -0.05) is 18.2 Å². The molecule has 0 spiro atoms. The zero-order valence-corrected chi connectivity index (χ0v) is 16.2. The molecule has 2 aromatic carbocycles. The van der Waals surface area contributed by atoms with Gasteiger partial charge in [-0.05, 0) is 49.4 Å². The monoisotopic (exact) mass is 370 g/mol. The Labute approximate surface area is 164 Å². The van der Waals surface area contributed by atoms with Crippen LogP contribution in [-0.4, -0.2) is 33.8 Å². The van der Waals surface area contributed by atoms with E-state index < -0.39 is 0 Å². The first-order chi connectivity index (χ1) is 13.6. The molecule has 0 saturated carbocycles. The Hall–Kier alpha value is -3.67. The van der Waals surface area contributed by atoms with Crippen molar-refractivity contribution in [3.8, 4) is 16.9 Å². The van der Waals surface area contributed by atoms with Crippen molar-refractivity contribution in [1.82, 2.24) is 19.7 Å². The minimum absolute atomic E-state index is 0.557. The van der Waals surface area contributed by atoms with E-state index in [4.69, 9.17) is 0 Å². The van der Waals surface area contributed by atoms with Crippen LogP contribution in [0.5, 0.6) is 0 Å². The van der Waals surface area contributed by atoms with Crippen molar-refractivity contribution in [1.29, 1.82) is 0 Å². The van der Waals surface area contributed by atoms with Crippen molar-refractivity contribution in [2.45, 2.75) is 6.92 Å². The number of rotatable bonds is 5. The average Bonchev–Trinajstić information content (AvgIpc) is 3.11. The zero-order chi connectivity index (χ0) is 19.5. The summed E-state index contributed by atoms with van der Waals surface area (Å²) in [6, 6.07) is 20.1. The number of benzene rings is 2. The van der Waals surface area contributed by atoms with Gasteiger partial charge in [0.1, 0.15) is 0 Å². The van der Waals surface area contributed by atoms with Crippen molar-refractivity contribution in [3.05, 3.63) is 78.8 Å². The lowest BCUT2D eigenvalue weighted by molar-refractivity contribution is 0.863. The van der Waals surface area contributed by atoms with Crippen molar-refractivity contribution < 1.29 is 0 Å². The second-order valence-electron chi connectivity index (χ2n) is 6.74. The Morgan fingerprint density at radius 3 is 2.39 bits per heavy atom. The van der Waals surface area contributed by atoms with Crippen molar-refractivity contribution >= 4 is 17.3 Å². The number of aryl methyl sites for hydroxylation is 1. The second-order valence-corrected chi connectivity index (χ2v) is 6.74. The van der Waals surface area contributed by atoms with Gasteiger partial charge in [0.05, 0.1) is 17.1 Å². The second kappa shape index (κ2) is 7.52. The van der Waals surface area contributed by atoms with Crippen LogP contribution >= 0.6 is 0 Å². The van der Waals surface area contributed by atoms with Gasteiger partial charge in [0, 0.05) is 43.4 Å². The molecule has 0 unspecified atom stereocenters. The first-order valence-electron chi connectivity index (χ1n) is 9.10. The molecule has 6 nitrogen and oxygen atoms in total. The van der Waals surface area contributed by atoms with Crippen molar-refractivity contribution in [2.75, 3.05) is 24.3 Å². The van der Waals surface area contributed by atoms with Gasteiger partial charge in [0.2, 0.25) is 5.95 Å². The summed E-state index contributed by atoms with van der Waals surface area (Å²) in [6.45, 7) is 1.99. The molecule has 0 saturated heterocycles. The van der Waals surface area contributed by atoms with Crippen LogP contribution in [0.25, 0.3) is 16.9 Å². The summed E-state index contributed by atoms with van der Waals surface area (Å²) >= 11 is 0. The third-order valence-electron chi connectivity index (χ3n) is 4.49. The first-order valence-corrected chi connectivity index (χ1v) is 9.10. The first kappa shape index (κ1) is 17.7. The standard InChI is InChI=1S/C22H22N6/c1-16-20(15-28(26-16)19-7-5-4-6-8-19)21-13-14-23-22(25-21)24-17-9-11-18(12-10-17)27(2)3/h4-15H,1-3H3,(H,23,24,25). The zero-order valence-electron chi connectivity index (χ0n) is 16.2. The topological polar surface area (TPSA) is 58.9 Å². The normalized spacial score (nSPS) is 10.7. The highest BCUT2D eigenvalue weighted by Crippen LogP contribution is 2.24. The van der Waals surface area contributed by atoms with Crippen LogP contribution in [0.1, 0.15) is 5.69 Å². The van der Waals surface area contributed by atoms with Crippen molar-refractivity contribution in [2.24, 2.45) is 0 Å².